The Balaban J connectivity index is 2.22. The van der Waals surface area contributed by atoms with Gasteiger partial charge in [-0.1, -0.05) is 41.9 Å². The molecule has 0 aliphatic carbocycles. The molecule has 0 bridgehead atoms. The number of halogens is 1. The molecule has 0 radical (unpaired) electrons. The van der Waals surface area contributed by atoms with Crippen LogP contribution in [0.5, 0.6) is 0 Å². The lowest BCUT2D eigenvalue weighted by atomic mass is 10.0. The van der Waals surface area contributed by atoms with Crippen LogP contribution in [-0.4, -0.2) is 18.4 Å². The summed E-state index contributed by atoms with van der Waals surface area (Å²) in [6, 6.07) is 13.8. The zero-order chi connectivity index (χ0) is 16.8. The molecule has 5 N–H and O–H groups in total. The number of amides is 2. The molecule has 5 nitrogen and oxygen atoms in total. The van der Waals surface area contributed by atoms with Gasteiger partial charge in [0.25, 0.3) is 5.91 Å². The molecule has 120 valence electrons. The van der Waals surface area contributed by atoms with Gasteiger partial charge in [-0.05, 0) is 36.7 Å². The number of rotatable bonds is 6. The van der Waals surface area contributed by atoms with Crippen LogP contribution in [0.25, 0.3) is 0 Å². The maximum Gasteiger partial charge on any atom is 0.251 e. The minimum absolute atomic E-state index is 0.120. The molecule has 1 unspecified atom stereocenters. The molecule has 0 aromatic heterocycles. The molecule has 0 fully saturated rings. The average Bonchev–Trinajstić information content (AvgIpc) is 2.55. The summed E-state index contributed by atoms with van der Waals surface area (Å²) in [5.74, 6) is -0.988. The van der Waals surface area contributed by atoms with Gasteiger partial charge in [-0.2, -0.15) is 0 Å². The number of hydrogen-bond donors (Lipinski definition) is 3. The van der Waals surface area contributed by atoms with Crippen LogP contribution in [0.1, 0.15) is 38.7 Å². The maximum absolute atomic E-state index is 12.4. The Morgan fingerprint density at radius 3 is 2.43 bits per heavy atom. The quantitative estimate of drug-likeness (QED) is 0.757. The number of nitrogens with one attached hydrogen (secondary N) is 1. The van der Waals surface area contributed by atoms with E-state index in [9.17, 15) is 9.59 Å². The van der Waals surface area contributed by atoms with Gasteiger partial charge < -0.3 is 16.8 Å². The third-order valence-corrected chi connectivity index (χ3v) is 3.79. The van der Waals surface area contributed by atoms with Gasteiger partial charge in [0, 0.05) is 5.56 Å². The van der Waals surface area contributed by atoms with E-state index in [1.165, 1.54) is 12.1 Å². The van der Waals surface area contributed by atoms with Gasteiger partial charge in [0.1, 0.15) is 0 Å². The van der Waals surface area contributed by atoms with Crippen LogP contribution in [0.15, 0.2) is 48.5 Å². The second-order valence-corrected chi connectivity index (χ2v) is 5.48. The number of benzene rings is 2. The molecule has 2 aromatic carbocycles. The summed E-state index contributed by atoms with van der Waals surface area (Å²) in [7, 11) is 0. The average molecular weight is 332 g/mol. The lowest BCUT2D eigenvalue weighted by Gasteiger charge is -2.19. The van der Waals surface area contributed by atoms with E-state index in [2.05, 4.69) is 5.32 Å². The number of hydrogen-bond acceptors (Lipinski definition) is 3. The summed E-state index contributed by atoms with van der Waals surface area (Å²) >= 11 is 5.90. The number of carbonyl (C=O) groups is 2. The van der Waals surface area contributed by atoms with Crippen LogP contribution in [0.2, 0.25) is 5.02 Å². The van der Waals surface area contributed by atoms with Crippen molar-refractivity contribution in [1.82, 2.24) is 5.32 Å². The van der Waals surface area contributed by atoms with Gasteiger partial charge in [-0.15, -0.1) is 0 Å². The van der Waals surface area contributed by atoms with Crippen LogP contribution in [0.4, 0.5) is 0 Å². The van der Waals surface area contributed by atoms with Gasteiger partial charge >= 0.3 is 0 Å². The number of nitrogens with two attached hydrogens (primary N) is 2. The summed E-state index contributed by atoms with van der Waals surface area (Å²) < 4.78 is 0. The van der Waals surface area contributed by atoms with Crippen molar-refractivity contribution >= 4 is 23.4 Å². The molecule has 0 saturated heterocycles. The fraction of sp³-hybridized carbons (Fsp3) is 0.176. The minimum Gasteiger partial charge on any atom is -0.366 e. The highest BCUT2D eigenvalue weighted by molar-refractivity contribution is 6.34. The lowest BCUT2D eigenvalue weighted by Crippen LogP contribution is -2.30. The van der Waals surface area contributed by atoms with E-state index in [0.717, 1.165) is 5.56 Å². The molecular weight excluding hydrogens is 314 g/mol. The molecular formula is C17H18ClN3O2. The van der Waals surface area contributed by atoms with Gasteiger partial charge in [0.05, 0.1) is 16.6 Å². The largest absolute Gasteiger partial charge is 0.366 e. The van der Waals surface area contributed by atoms with Gasteiger partial charge in [-0.25, -0.2) is 0 Å². The molecule has 0 aliphatic rings. The standard InChI is InChI=1S/C17H18ClN3O2/c18-14-7-6-12(10-13(14)16(20)22)17(23)21-15(8-9-19)11-4-2-1-3-5-11/h1-7,10,15H,8-9,19H2,(H2,20,22)(H,21,23). The van der Waals surface area contributed by atoms with E-state index in [0.29, 0.717) is 18.5 Å². The minimum atomic E-state index is -0.675. The Morgan fingerprint density at radius 1 is 1.13 bits per heavy atom. The predicted octanol–water partition coefficient (Wildman–Crippen LogP) is 2.26. The van der Waals surface area contributed by atoms with Crippen molar-refractivity contribution in [3.63, 3.8) is 0 Å². The molecule has 23 heavy (non-hydrogen) atoms. The Hall–Kier alpha value is -2.37. The Kier molecular flexibility index (Phi) is 5.73. The van der Waals surface area contributed by atoms with Crippen LogP contribution in [0.3, 0.4) is 0 Å². The van der Waals surface area contributed by atoms with E-state index < -0.39 is 5.91 Å². The van der Waals surface area contributed by atoms with E-state index >= 15 is 0 Å². The highest BCUT2D eigenvalue weighted by Crippen LogP contribution is 2.20. The van der Waals surface area contributed by atoms with Crippen molar-refractivity contribution in [3.8, 4) is 0 Å². The third kappa shape index (κ3) is 4.31. The van der Waals surface area contributed by atoms with E-state index in [1.54, 1.807) is 6.07 Å². The smallest absolute Gasteiger partial charge is 0.251 e. The molecule has 2 rings (SSSR count). The Morgan fingerprint density at radius 2 is 1.83 bits per heavy atom. The summed E-state index contributed by atoms with van der Waals surface area (Å²) in [5.41, 5.74) is 12.3. The van der Waals surface area contributed by atoms with Gasteiger partial charge in [0.2, 0.25) is 5.91 Å². The van der Waals surface area contributed by atoms with Crippen molar-refractivity contribution in [1.29, 1.82) is 0 Å². The first-order chi connectivity index (χ1) is 11.0. The van der Waals surface area contributed by atoms with Crippen molar-refractivity contribution in [3.05, 3.63) is 70.2 Å². The van der Waals surface area contributed by atoms with Crippen LogP contribution in [-0.2, 0) is 0 Å². The fourth-order valence-electron chi connectivity index (χ4n) is 2.27. The van der Waals surface area contributed by atoms with Crippen molar-refractivity contribution in [2.24, 2.45) is 11.5 Å². The maximum atomic E-state index is 12.4. The van der Waals surface area contributed by atoms with Crippen molar-refractivity contribution < 1.29 is 9.59 Å². The predicted molar refractivity (Wildman–Crippen MR) is 90.3 cm³/mol. The Labute approximate surface area is 139 Å². The van der Waals surface area contributed by atoms with E-state index in [4.69, 9.17) is 23.1 Å². The van der Waals surface area contributed by atoms with Gasteiger partial charge in [0.15, 0.2) is 0 Å². The van der Waals surface area contributed by atoms with Crippen molar-refractivity contribution in [2.75, 3.05) is 6.54 Å². The second kappa shape index (κ2) is 7.76. The van der Waals surface area contributed by atoms with E-state index in [1.807, 2.05) is 30.3 Å². The first kappa shape index (κ1) is 17.0. The first-order valence-electron chi connectivity index (χ1n) is 7.18. The highest BCUT2D eigenvalue weighted by Gasteiger charge is 2.17. The molecule has 0 saturated carbocycles. The first-order valence-corrected chi connectivity index (χ1v) is 7.56. The summed E-state index contributed by atoms with van der Waals surface area (Å²) in [6.45, 7) is 0.437. The van der Waals surface area contributed by atoms with Crippen LogP contribution >= 0.6 is 11.6 Å². The highest BCUT2D eigenvalue weighted by atomic mass is 35.5. The number of carbonyl (C=O) groups excluding carboxylic acids is 2. The molecule has 6 heteroatoms. The second-order valence-electron chi connectivity index (χ2n) is 5.07. The molecule has 2 aromatic rings. The molecule has 0 aliphatic heterocycles. The molecule has 1 atom stereocenters. The molecule has 0 spiro atoms. The van der Waals surface area contributed by atoms with Crippen molar-refractivity contribution in [2.45, 2.75) is 12.5 Å². The van der Waals surface area contributed by atoms with E-state index in [-0.39, 0.29) is 22.5 Å². The zero-order valence-electron chi connectivity index (χ0n) is 12.5. The fourth-order valence-corrected chi connectivity index (χ4v) is 2.48. The zero-order valence-corrected chi connectivity index (χ0v) is 13.2. The molecule has 2 amide bonds. The SMILES string of the molecule is NCCC(NC(=O)c1ccc(Cl)c(C(N)=O)c1)c1ccccc1. The topological polar surface area (TPSA) is 98.2 Å². The summed E-state index contributed by atoms with van der Waals surface area (Å²) in [6.07, 6.45) is 0.603. The van der Waals surface area contributed by atoms with Crippen LogP contribution in [0, 0.1) is 0 Å². The Bertz CT molecular complexity index is 704. The normalized spacial score (nSPS) is 11.7. The summed E-state index contributed by atoms with van der Waals surface area (Å²) in [4.78, 5) is 23.8. The molecule has 0 heterocycles. The van der Waals surface area contributed by atoms with Crippen LogP contribution < -0.4 is 16.8 Å². The number of primary amides is 1. The van der Waals surface area contributed by atoms with Gasteiger partial charge in [-0.3, -0.25) is 9.59 Å². The lowest BCUT2D eigenvalue weighted by molar-refractivity contribution is 0.0935. The monoisotopic (exact) mass is 331 g/mol. The summed E-state index contributed by atoms with van der Waals surface area (Å²) in [5, 5.41) is 3.14. The third-order valence-electron chi connectivity index (χ3n) is 3.46.